The Bertz CT molecular complexity index is 921. The Balaban J connectivity index is 1.47. The van der Waals surface area contributed by atoms with Crippen LogP contribution in [0, 0.1) is 19.3 Å². The van der Waals surface area contributed by atoms with E-state index in [0.717, 1.165) is 22.6 Å². The summed E-state index contributed by atoms with van der Waals surface area (Å²) in [6.45, 7) is 2.64. The third-order valence-electron chi connectivity index (χ3n) is 3.93. The van der Waals surface area contributed by atoms with Gasteiger partial charge in [0.15, 0.2) is 0 Å². The molecule has 6 heteroatoms. The van der Waals surface area contributed by atoms with Crippen molar-refractivity contribution in [1.29, 1.82) is 0 Å². The van der Waals surface area contributed by atoms with Crippen LogP contribution in [-0.2, 0) is 17.6 Å². The van der Waals surface area contributed by atoms with Gasteiger partial charge < -0.3 is 14.5 Å². The predicted octanol–water partition coefficient (Wildman–Crippen LogP) is 3.62. The topological polar surface area (TPSA) is 64.4 Å². The maximum Gasteiger partial charge on any atom is 0.236 e. The summed E-state index contributed by atoms with van der Waals surface area (Å²) in [6.07, 6.45) is 6.11. The molecule has 2 aromatic heterocycles. The van der Waals surface area contributed by atoms with Crippen LogP contribution in [0.2, 0.25) is 0 Å². The fourth-order valence-electron chi connectivity index (χ4n) is 2.54. The number of oxazole rings is 1. The summed E-state index contributed by atoms with van der Waals surface area (Å²) >= 11 is 1.56. The van der Waals surface area contributed by atoms with E-state index in [1.54, 1.807) is 11.3 Å². The molecule has 0 aliphatic carbocycles. The number of hydrogen-bond acceptors (Lipinski definition) is 5. The highest BCUT2D eigenvalue weighted by molar-refractivity contribution is 7.13. The van der Waals surface area contributed by atoms with Gasteiger partial charge in [-0.3, -0.25) is 4.79 Å². The average molecular weight is 380 g/mol. The molecule has 3 aromatic rings. The number of benzene rings is 1. The average Bonchev–Trinajstić information content (AvgIpc) is 3.31. The highest BCUT2D eigenvalue weighted by Crippen LogP contribution is 2.26. The Morgan fingerprint density at radius 2 is 2.15 bits per heavy atom. The number of terminal acetylenes is 1. The van der Waals surface area contributed by atoms with Crippen molar-refractivity contribution in [2.45, 2.75) is 19.8 Å². The summed E-state index contributed by atoms with van der Waals surface area (Å²) in [5.41, 5.74) is 1.78. The van der Waals surface area contributed by atoms with E-state index in [1.165, 1.54) is 0 Å². The van der Waals surface area contributed by atoms with Gasteiger partial charge in [-0.1, -0.05) is 24.1 Å². The second kappa shape index (κ2) is 9.06. The highest BCUT2D eigenvalue weighted by atomic mass is 32.1. The maximum atomic E-state index is 12.2. The van der Waals surface area contributed by atoms with E-state index in [2.05, 4.69) is 16.2 Å². The van der Waals surface area contributed by atoms with E-state index < -0.39 is 0 Å². The molecule has 0 saturated carbocycles. The Labute approximate surface area is 162 Å². The number of aromatic nitrogens is 1. The molecule has 1 amide bonds. The van der Waals surface area contributed by atoms with E-state index >= 15 is 0 Å². The van der Waals surface area contributed by atoms with Gasteiger partial charge in [0.25, 0.3) is 0 Å². The maximum absolute atomic E-state index is 12.2. The second-order valence-electron chi connectivity index (χ2n) is 5.91. The molecule has 2 heterocycles. The van der Waals surface area contributed by atoms with Crippen LogP contribution in [0.5, 0.6) is 5.75 Å². The third-order valence-corrected chi connectivity index (χ3v) is 4.79. The minimum Gasteiger partial charge on any atom is -0.481 e. The van der Waals surface area contributed by atoms with E-state index in [9.17, 15) is 4.79 Å². The quantitative estimate of drug-likeness (QED) is 0.606. The normalized spacial score (nSPS) is 10.4. The molecule has 0 spiro atoms. The zero-order valence-electron chi connectivity index (χ0n) is 15.0. The van der Waals surface area contributed by atoms with Gasteiger partial charge in [-0.25, -0.2) is 4.98 Å². The van der Waals surface area contributed by atoms with Crippen molar-refractivity contribution in [1.82, 2.24) is 10.3 Å². The summed E-state index contributed by atoms with van der Waals surface area (Å²) in [7, 11) is 0. The molecule has 0 bridgehead atoms. The third kappa shape index (κ3) is 5.22. The predicted molar refractivity (Wildman–Crippen MR) is 106 cm³/mol. The summed E-state index contributed by atoms with van der Waals surface area (Å²) in [6, 6.07) is 11.6. The number of amides is 1. The molecule has 138 valence electrons. The van der Waals surface area contributed by atoms with Crippen LogP contribution in [0.3, 0.4) is 0 Å². The second-order valence-corrected chi connectivity index (χ2v) is 6.86. The van der Waals surface area contributed by atoms with Crippen LogP contribution >= 0.6 is 11.3 Å². The lowest BCUT2D eigenvalue weighted by molar-refractivity contribution is -0.120. The lowest BCUT2D eigenvalue weighted by Crippen LogP contribution is -2.27. The first-order valence-corrected chi connectivity index (χ1v) is 9.46. The molecule has 1 N–H and O–H groups in total. The lowest BCUT2D eigenvalue weighted by atomic mass is 10.1. The number of aryl methyl sites for hydroxylation is 1. The minimum atomic E-state index is -0.0712. The molecular weight excluding hydrogens is 360 g/mol. The van der Waals surface area contributed by atoms with Crippen LogP contribution in [0.1, 0.15) is 17.0 Å². The van der Waals surface area contributed by atoms with Crippen molar-refractivity contribution < 1.29 is 13.9 Å². The first-order valence-electron chi connectivity index (χ1n) is 8.58. The van der Waals surface area contributed by atoms with Gasteiger partial charge in [0.05, 0.1) is 17.0 Å². The minimum absolute atomic E-state index is 0.0712. The molecule has 0 aliphatic heterocycles. The largest absolute Gasteiger partial charge is 0.481 e. The van der Waals surface area contributed by atoms with Crippen molar-refractivity contribution in [3.05, 3.63) is 58.8 Å². The Morgan fingerprint density at radius 1 is 1.33 bits per heavy atom. The number of ether oxygens (including phenoxy) is 1. The number of carbonyl (C=O) groups is 1. The lowest BCUT2D eigenvalue weighted by Gasteiger charge is -2.06. The van der Waals surface area contributed by atoms with Gasteiger partial charge in [-0.2, -0.15) is 0 Å². The highest BCUT2D eigenvalue weighted by Gasteiger charge is 2.15. The van der Waals surface area contributed by atoms with E-state index in [1.807, 2.05) is 48.7 Å². The van der Waals surface area contributed by atoms with Crippen LogP contribution in [0.25, 0.3) is 10.8 Å². The van der Waals surface area contributed by atoms with Crippen LogP contribution < -0.4 is 10.1 Å². The smallest absolute Gasteiger partial charge is 0.236 e. The van der Waals surface area contributed by atoms with Crippen LogP contribution in [-0.4, -0.2) is 24.0 Å². The Hall–Kier alpha value is -3.04. The fourth-order valence-corrected chi connectivity index (χ4v) is 3.18. The molecule has 27 heavy (non-hydrogen) atoms. The first-order chi connectivity index (χ1) is 13.2. The number of nitrogens with one attached hydrogen (secondary N) is 1. The summed E-state index contributed by atoms with van der Waals surface area (Å²) in [5, 5.41) is 4.89. The van der Waals surface area contributed by atoms with Crippen molar-refractivity contribution in [3.8, 4) is 28.9 Å². The molecule has 0 saturated heterocycles. The van der Waals surface area contributed by atoms with Crippen molar-refractivity contribution in [2.24, 2.45) is 0 Å². The van der Waals surface area contributed by atoms with Gasteiger partial charge in [0.2, 0.25) is 11.8 Å². The molecular formula is C21H20N2O3S. The van der Waals surface area contributed by atoms with Crippen molar-refractivity contribution in [2.75, 3.05) is 13.2 Å². The Kier molecular flexibility index (Phi) is 6.29. The van der Waals surface area contributed by atoms with Gasteiger partial charge in [0.1, 0.15) is 18.1 Å². The molecule has 5 nitrogen and oxygen atoms in total. The molecule has 3 rings (SSSR count). The molecule has 0 radical (unpaired) electrons. The van der Waals surface area contributed by atoms with Gasteiger partial charge in [0, 0.05) is 6.54 Å². The first kappa shape index (κ1) is 18.7. The number of hydrogen-bond donors (Lipinski definition) is 1. The van der Waals surface area contributed by atoms with Crippen molar-refractivity contribution >= 4 is 17.2 Å². The summed E-state index contributed by atoms with van der Waals surface area (Å²) in [5.74, 6) is 4.34. The molecule has 0 atom stereocenters. The van der Waals surface area contributed by atoms with Gasteiger partial charge in [-0.15, -0.1) is 17.8 Å². The van der Waals surface area contributed by atoms with Gasteiger partial charge >= 0.3 is 0 Å². The molecule has 0 aliphatic rings. The van der Waals surface area contributed by atoms with E-state index in [0.29, 0.717) is 23.9 Å². The van der Waals surface area contributed by atoms with E-state index in [-0.39, 0.29) is 18.9 Å². The number of thiophene rings is 1. The number of carbonyl (C=O) groups excluding carboxylic acids is 1. The van der Waals surface area contributed by atoms with Gasteiger partial charge in [-0.05, 0) is 42.5 Å². The van der Waals surface area contributed by atoms with Crippen molar-refractivity contribution in [3.63, 3.8) is 0 Å². The summed E-state index contributed by atoms with van der Waals surface area (Å²) in [4.78, 5) is 17.6. The molecule has 0 unspecified atom stereocenters. The van der Waals surface area contributed by atoms with E-state index in [4.69, 9.17) is 15.6 Å². The van der Waals surface area contributed by atoms with Crippen LogP contribution in [0.4, 0.5) is 0 Å². The zero-order valence-corrected chi connectivity index (χ0v) is 15.8. The Morgan fingerprint density at radius 3 is 2.85 bits per heavy atom. The van der Waals surface area contributed by atoms with Crippen LogP contribution in [0.15, 0.2) is 46.2 Å². The summed E-state index contributed by atoms with van der Waals surface area (Å²) < 4.78 is 11.0. The fraction of sp³-hybridized carbons (Fsp3) is 0.238. The SMILES string of the molecule is C#CCOc1ccc(CCNC(=O)Cc2nc(-c3cccs3)oc2C)cc1. The molecule has 0 fully saturated rings. The zero-order chi connectivity index (χ0) is 19.1. The monoisotopic (exact) mass is 380 g/mol. The molecule has 1 aromatic carbocycles. The number of rotatable bonds is 8. The standard InChI is InChI=1S/C21H20N2O3S/c1-3-12-25-17-8-6-16(7-9-17)10-11-22-20(24)14-18-15(2)26-21(23-18)19-5-4-13-27-19/h1,4-9,13H,10-12,14H2,2H3,(H,22,24). The number of nitrogens with zero attached hydrogens (tertiary/aromatic N) is 1.